The van der Waals surface area contributed by atoms with Gasteiger partial charge in [-0.05, 0) is 31.9 Å². The van der Waals surface area contributed by atoms with Crippen molar-refractivity contribution < 1.29 is 13.5 Å². The summed E-state index contributed by atoms with van der Waals surface area (Å²) >= 11 is 0. The van der Waals surface area contributed by atoms with E-state index in [9.17, 15) is 8.42 Å². The Kier molecular flexibility index (Phi) is 5.25. The van der Waals surface area contributed by atoms with Gasteiger partial charge in [0.1, 0.15) is 0 Å². The lowest BCUT2D eigenvalue weighted by molar-refractivity contribution is 0.281. The van der Waals surface area contributed by atoms with Crippen molar-refractivity contribution in [2.75, 3.05) is 6.54 Å². The predicted octanol–water partition coefficient (Wildman–Crippen LogP) is 1.38. The first kappa shape index (κ1) is 15.1. The molecular formula is C12H20N2O3S. The zero-order valence-electron chi connectivity index (χ0n) is 11.0. The monoisotopic (exact) mass is 272 g/mol. The number of pyridine rings is 1. The van der Waals surface area contributed by atoms with Gasteiger partial charge in [0.05, 0.1) is 6.61 Å². The third-order valence-corrected chi connectivity index (χ3v) is 4.56. The molecule has 1 N–H and O–H groups in total. The third kappa shape index (κ3) is 3.28. The van der Waals surface area contributed by atoms with Gasteiger partial charge in [-0.15, -0.1) is 0 Å². The van der Waals surface area contributed by atoms with Crippen molar-refractivity contribution in [3.8, 4) is 0 Å². The zero-order valence-corrected chi connectivity index (χ0v) is 11.8. The lowest BCUT2D eigenvalue weighted by Crippen LogP contribution is -2.37. The highest BCUT2D eigenvalue weighted by molar-refractivity contribution is 7.89. The zero-order chi connectivity index (χ0) is 13.8. The van der Waals surface area contributed by atoms with Gasteiger partial charge < -0.3 is 5.11 Å². The van der Waals surface area contributed by atoms with Crippen LogP contribution in [0.15, 0.2) is 23.4 Å². The molecule has 0 atom stereocenters. The van der Waals surface area contributed by atoms with Crippen LogP contribution >= 0.6 is 0 Å². The van der Waals surface area contributed by atoms with E-state index in [4.69, 9.17) is 5.11 Å². The van der Waals surface area contributed by atoms with Crippen LogP contribution in [0.2, 0.25) is 0 Å². The minimum absolute atomic E-state index is 0.0295. The van der Waals surface area contributed by atoms with Crippen LogP contribution in [0.25, 0.3) is 0 Å². The third-order valence-electron chi connectivity index (χ3n) is 2.57. The lowest BCUT2D eigenvalue weighted by Gasteiger charge is -2.24. The average Bonchev–Trinajstić information content (AvgIpc) is 2.35. The predicted molar refractivity (Wildman–Crippen MR) is 69.5 cm³/mol. The molecule has 0 spiro atoms. The number of hydrogen-bond donors (Lipinski definition) is 1. The molecule has 0 unspecified atom stereocenters. The molecule has 1 heterocycles. The Morgan fingerprint density at radius 2 is 2.06 bits per heavy atom. The number of aliphatic hydroxyl groups is 1. The number of hydrogen-bond acceptors (Lipinski definition) is 4. The van der Waals surface area contributed by atoms with Crippen LogP contribution in [0.1, 0.15) is 32.8 Å². The standard InChI is InChI=1S/C12H20N2O3S/c1-4-7-14(10(2)3)18(16,17)12-6-5-11(9-15)8-13-12/h5-6,8,10,15H,4,7,9H2,1-3H3. The first-order valence-electron chi connectivity index (χ1n) is 6.01. The fraction of sp³-hybridized carbons (Fsp3) is 0.583. The van der Waals surface area contributed by atoms with Crippen molar-refractivity contribution in [1.82, 2.24) is 9.29 Å². The summed E-state index contributed by atoms with van der Waals surface area (Å²) in [6, 6.07) is 2.91. The molecule has 18 heavy (non-hydrogen) atoms. The molecule has 0 amide bonds. The SMILES string of the molecule is CCCN(C(C)C)S(=O)(=O)c1ccc(CO)cn1. The summed E-state index contributed by atoms with van der Waals surface area (Å²) in [7, 11) is -3.55. The fourth-order valence-electron chi connectivity index (χ4n) is 1.65. The first-order chi connectivity index (χ1) is 8.43. The van der Waals surface area contributed by atoms with Gasteiger partial charge in [0.15, 0.2) is 5.03 Å². The van der Waals surface area contributed by atoms with Crippen LogP contribution in [-0.4, -0.2) is 35.4 Å². The molecule has 1 aromatic rings. The highest BCUT2D eigenvalue weighted by atomic mass is 32.2. The summed E-state index contributed by atoms with van der Waals surface area (Å²) in [5.41, 5.74) is 0.598. The second-order valence-corrected chi connectivity index (χ2v) is 6.21. The van der Waals surface area contributed by atoms with Crippen LogP contribution in [0.5, 0.6) is 0 Å². The summed E-state index contributed by atoms with van der Waals surface area (Å²) in [6.07, 6.45) is 2.14. The summed E-state index contributed by atoms with van der Waals surface area (Å²) in [5.74, 6) is 0. The minimum Gasteiger partial charge on any atom is -0.392 e. The number of aromatic nitrogens is 1. The molecule has 0 saturated heterocycles. The quantitative estimate of drug-likeness (QED) is 0.849. The molecule has 0 aliphatic rings. The van der Waals surface area contributed by atoms with Crippen molar-refractivity contribution in [3.63, 3.8) is 0 Å². The topological polar surface area (TPSA) is 70.5 Å². The maximum Gasteiger partial charge on any atom is 0.260 e. The lowest BCUT2D eigenvalue weighted by atomic mass is 10.3. The summed E-state index contributed by atoms with van der Waals surface area (Å²) in [4.78, 5) is 3.92. The Bertz CT molecular complexity index is 469. The number of sulfonamides is 1. The number of nitrogens with zero attached hydrogens (tertiary/aromatic N) is 2. The maximum absolute atomic E-state index is 12.4. The second kappa shape index (κ2) is 6.26. The summed E-state index contributed by atoms with van der Waals surface area (Å²) in [5, 5.41) is 8.94. The van der Waals surface area contributed by atoms with Gasteiger partial charge in [0.25, 0.3) is 10.0 Å². The Morgan fingerprint density at radius 3 is 2.44 bits per heavy atom. The maximum atomic E-state index is 12.4. The van der Waals surface area contributed by atoms with E-state index >= 15 is 0 Å². The van der Waals surface area contributed by atoms with E-state index in [0.717, 1.165) is 6.42 Å². The Labute approximate surface area is 109 Å². The van der Waals surface area contributed by atoms with Crippen LogP contribution in [0, 0.1) is 0 Å². The van der Waals surface area contributed by atoms with Crippen LogP contribution < -0.4 is 0 Å². The van der Waals surface area contributed by atoms with Gasteiger partial charge >= 0.3 is 0 Å². The van der Waals surface area contributed by atoms with Crippen molar-refractivity contribution in [1.29, 1.82) is 0 Å². The van der Waals surface area contributed by atoms with Crippen molar-refractivity contribution in [3.05, 3.63) is 23.9 Å². The van der Waals surface area contributed by atoms with Gasteiger partial charge in [-0.25, -0.2) is 13.4 Å². The molecule has 0 saturated carbocycles. The molecule has 5 nitrogen and oxygen atoms in total. The number of aliphatic hydroxyl groups excluding tert-OH is 1. The van der Waals surface area contributed by atoms with Gasteiger partial charge in [0.2, 0.25) is 0 Å². The highest BCUT2D eigenvalue weighted by Crippen LogP contribution is 2.16. The Balaban J connectivity index is 3.09. The molecule has 102 valence electrons. The second-order valence-electron chi connectivity index (χ2n) is 4.37. The molecule has 0 fully saturated rings. The van der Waals surface area contributed by atoms with Crippen LogP contribution in [0.4, 0.5) is 0 Å². The van der Waals surface area contributed by atoms with Crippen LogP contribution in [-0.2, 0) is 16.6 Å². The normalized spacial score (nSPS) is 12.3. The smallest absolute Gasteiger partial charge is 0.260 e. The number of rotatable bonds is 6. The van der Waals surface area contributed by atoms with E-state index in [0.29, 0.717) is 12.1 Å². The first-order valence-corrected chi connectivity index (χ1v) is 7.45. The summed E-state index contributed by atoms with van der Waals surface area (Å²) < 4.78 is 26.2. The van der Waals surface area contributed by atoms with Crippen molar-refractivity contribution in [2.24, 2.45) is 0 Å². The Morgan fingerprint density at radius 1 is 1.39 bits per heavy atom. The highest BCUT2D eigenvalue weighted by Gasteiger charge is 2.27. The molecule has 1 aromatic heterocycles. The minimum atomic E-state index is -3.55. The molecule has 0 radical (unpaired) electrons. The van der Waals surface area contributed by atoms with Gasteiger partial charge in [-0.3, -0.25) is 0 Å². The molecular weight excluding hydrogens is 252 g/mol. The molecule has 0 aromatic carbocycles. The molecule has 0 bridgehead atoms. The molecule has 0 aliphatic carbocycles. The van der Waals surface area contributed by atoms with Gasteiger partial charge in [-0.1, -0.05) is 13.0 Å². The van der Waals surface area contributed by atoms with Gasteiger partial charge in [0, 0.05) is 18.8 Å². The largest absolute Gasteiger partial charge is 0.392 e. The molecule has 6 heteroatoms. The molecule has 0 aliphatic heterocycles. The van der Waals surface area contributed by atoms with E-state index in [1.165, 1.54) is 16.6 Å². The molecule has 1 rings (SSSR count). The average molecular weight is 272 g/mol. The fourth-order valence-corrected chi connectivity index (χ4v) is 3.30. The Hall–Kier alpha value is -0.980. The van der Waals surface area contributed by atoms with Crippen molar-refractivity contribution in [2.45, 2.75) is 44.9 Å². The van der Waals surface area contributed by atoms with Crippen molar-refractivity contribution >= 4 is 10.0 Å². The van der Waals surface area contributed by atoms with E-state index in [1.807, 2.05) is 20.8 Å². The van der Waals surface area contributed by atoms with E-state index < -0.39 is 10.0 Å². The van der Waals surface area contributed by atoms with E-state index in [2.05, 4.69) is 4.98 Å². The van der Waals surface area contributed by atoms with Gasteiger partial charge in [-0.2, -0.15) is 4.31 Å². The van der Waals surface area contributed by atoms with E-state index in [1.54, 1.807) is 6.07 Å². The van der Waals surface area contributed by atoms with E-state index in [-0.39, 0.29) is 17.7 Å². The van der Waals surface area contributed by atoms with Crippen LogP contribution in [0.3, 0.4) is 0 Å². The summed E-state index contributed by atoms with van der Waals surface area (Å²) in [6.45, 7) is 5.96.